The van der Waals surface area contributed by atoms with Crippen molar-refractivity contribution in [2.75, 3.05) is 6.54 Å². The Morgan fingerprint density at radius 1 is 1.33 bits per heavy atom. The number of nitrogens with one attached hydrogen (secondary N) is 1. The standard InChI is InChI=1S/C12H20N2O3S/c1-9(2)10(3)6-14-18(16,17)12-5-4-11(8-15)7-13-12/h4-5,7,9-10,14-15H,6,8H2,1-3H3. The van der Waals surface area contributed by atoms with E-state index in [0.717, 1.165) is 0 Å². The average Bonchev–Trinajstić information content (AvgIpc) is 2.36. The van der Waals surface area contributed by atoms with Crippen molar-refractivity contribution in [2.45, 2.75) is 32.4 Å². The van der Waals surface area contributed by atoms with Gasteiger partial charge in [0.25, 0.3) is 10.0 Å². The van der Waals surface area contributed by atoms with Crippen LogP contribution in [0.5, 0.6) is 0 Å². The molecule has 1 atom stereocenters. The zero-order valence-corrected chi connectivity index (χ0v) is 11.7. The Morgan fingerprint density at radius 3 is 2.44 bits per heavy atom. The molecule has 1 aromatic heterocycles. The van der Waals surface area contributed by atoms with Crippen LogP contribution in [0.1, 0.15) is 26.3 Å². The molecule has 0 aliphatic heterocycles. The molecule has 1 rings (SSSR count). The van der Waals surface area contributed by atoms with E-state index in [4.69, 9.17) is 5.11 Å². The highest BCUT2D eigenvalue weighted by Crippen LogP contribution is 2.11. The van der Waals surface area contributed by atoms with Crippen molar-refractivity contribution in [2.24, 2.45) is 11.8 Å². The first-order valence-corrected chi connectivity index (χ1v) is 7.40. The third-order valence-corrected chi connectivity index (χ3v) is 4.33. The number of aliphatic hydroxyl groups is 1. The maximum Gasteiger partial charge on any atom is 0.258 e. The van der Waals surface area contributed by atoms with Gasteiger partial charge in [-0.3, -0.25) is 0 Å². The summed E-state index contributed by atoms with van der Waals surface area (Å²) in [7, 11) is -3.56. The van der Waals surface area contributed by atoms with E-state index in [1.165, 1.54) is 12.3 Å². The topological polar surface area (TPSA) is 79.3 Å². The fourth-order valence-electron chi connectivity index (χ4n) is 1.21. The second kappa shape index (κ2) is 6.26. The van der Waals surface area contributed by atoms with Crippen molar-refractivity contribution in [1.82, 2.24) is 9.71 Å². The summed E-state index contributed by atoms with van der Waals surface area (Å²) in [6.45, 7) is 6.34. The normalized spacial score (nSPS) is 13.8. The molecule has 0 saturated carbocycles. The van der Waals surface area contributed by atoms with E-state index in [-0.39, 0.29) is 17.6 Å². The summed E-state index contributed by atoms with van der Waals surface area (Å²) < 4.78 is 26.4. The van der Waals surface area contributed by atoms with Crippen LogP contribution in [-0.2, 0) is 16.6 Å². The molecular formula is C12H20N2O3S. The Kier molecular flexibility index (Phi) is 5.25. The van der Waals surface area contributed by atoms with Crippen molar-refractivity contribution in [3.63, 3.8) is 0 Å². The predicted molar refractivity (Wildman–Crippen MR) is 69.4 cm³/mol. The Labute approximate surface area is 108 Å². The summed E-state index contributed by atoms with van der Waals surface area (Å²) in [4.78, 5) is 3.83. The van der Waals surface area contributed by atoms with Gasteiger partial charge < -0.3 is 5.11 Å². The number of hydrogen-bond donors (Lipinski definition) is 2. The predicted octanol–water partition coefficient (Wildman–Crippen LogP) is 1.14. The van der Waals surface area contributed by atoms with Crippen LogP contribution < -0.4 is 4.72 Å². The van der Waals surface area contributed by atoms with Crippen molar-refractivity contribution in [3.05, 3.63) is 23.9 Å². The third kappa shape index (κ3) is 4.04. The third-order valence-electron chi connectivity index (χ3n) is 2.99. The maximum absolute atomic E-state index is 11.9. The molecule has 0 saturated heterocycles. The zero-order chi connectivity index (χ0) is 13.8. The number of hydrogen-bond acceptors (Lipinski definition) is 4. The van der Waals surface area contributed by atoms with Gasteiger partial charge in [-0.05, 0) is 23.5 Å². The highest BCUT2D eigenvalue weighted by molar-refractivity contribution is 7.89. The summed E-state index contributed by atoms with van der Waals surface area (Å²) >= 11 is 0. The number of pyridine rings is 1. The number of nitrogens with zero attached hydrogens (tertiary/aromatic N) is 1. The quantitative estimate of drug-likeness (QED) is 0.814. The van der Waals surface area contributed by atoms with Crippen molar-refractivity contribution >= 4 is 10.0 Å². The van der Waals surface area contributed by atoms with Gasteiger partial charge in [0.05, 0.1) is 6.61 Å². The van der Waals surface area contributed by atoms with Crippen LogP contribution in [-0.4, -0.2) is 25.1 Å². The Bertz CT molecular complexity index is 469. The van der Waals surface area contributed by atoms with Crippen molar-refractivity contribution < 1.29 is 13.5 Å². The van der Waals surface area contributed by atoms with E-state index in [9.17, 15) is 8.42 Å². The molecule has 0 bridgehead atoms. The summed E-state index contributed by atoms with van der Waals surface area (Å²) in [6, 6.07) is 2.95. The van der Waals surface area contributed by atoms with Gasteiger partial charge in [0.15, 0.2) is 5.03 Å². The van der Waals surface area contributed by atoms with Crippen molar-refractivity contribution in [1.29, 1.82) is 0 Å². The highest BCUT2D eigenvalue weighted by atomic mass is 32.2. The lowest BCUT2D eigenvalue weighted by atomic mass is 9.99. The lowest BCUT2D eigenvalue weighted by Crippen LogP contribution is -2.30. The molecule has 5 nitrogen and oxygen atoms in total. The van der Waals surface area contributed by atoms with Crippen LogP contribution in [0.3, 0.4) is 0 Å². The van der Waals surface area contributed by atoms with Gasteiger partial charge in [-0.15, -0.1) is 0 Å². The van der Waals surface area contributed by atoms with Crippen LogP contribution in [0, 0.1) is 11.8 Å². The average molecular weight is 272 g/mol. The molecule has 0 radical (unpaired) electrons. The first-order chi connectivity index (χ1) is 8.36. The first kappa shape index (κ1) is 15.1. The maximum atomic E-state index is 11.9. The number of sulfonamides is 1. The molecule has 1 aromatic rings. The second-order valence-electron chi connectivity index (χ2n) is 4.74. The van der Waals surface area contributed by atoms with Gasteiger partial charge in [-0.2, -0.15) is 0 Å². The SMILES string of the molecule is CC(C)C(C)CNS(=O)(=O)c1ccc(CO)cn1. The molecule has 6 heteroatoms. The van der Waals surface area contributed by atoms with Gasteiger partial charge in [-0.25, -0.2) is 18.1 Å². The summed E-state index contributed by atoms with van der Waals surface area (Å²) in [6.07, 6.45) is 1.36. The fraction of sp³-hybridized carbons (Fsp3) is 0.583. The molecule has 18 heavy (non-hydrogen) atoms. The van der Waals surface area contributed by atoms with Crippen LogP contribution in [0.15, 0.2) is 23.4 Å². The van der Waals surface area contributed by atoms with Gasteiger partial charge in [0.1, 0.15) is 0 Å². The number of aromatic nitrogens is 1. The van der Waals surface area contributed by atoms with Crippen molar-refractivity contribution in [3.8, 4) is 0 Å². The summed E-state index contributed by atoms with van der Waals surface area (Å²) in [5.41, 5.74) is 0.587. The zero-order valence-electron chi connectivity index (χ0n) is 10.9. The van der Waals surface area contributed by atoms with E-state index < -0.39 is 10.0 Å². The van der Waals surface area contributed by atoms with Crippen LogP contribution in [0.25, 0.3) is 0 Å². The molecule has 1 heterocycles. The van der Waals surface area contributed by atoms with Gasteiger partial charge >= 0.3 is 0 Å². The number of rotatable bonds is 6. The highest BCUT2D eigenvalue weighted by Gasteiger charge is 2.17. The monoisotopic (exact) mass is 272 g/mol. The van der Waals surface area contributed by atoms with E-state index in [1.807, 2.05) is 20.8 Å². The minimum absolute atomic E-state index is 0.0179. The van der Waals surface area contributed by atoms with E-state index in [2.05, 4.69) is 9.71 Å². The summed E-state index contributed by atoms with van der Waals surface area (Å²) in [5, 5.41) is 8.85. The Morgan fingerprint density at radius 2 is 2.00 bits per heavy atom. The van der Waals surface area contributed by atoms with Crippen LogP contribution >= 0.6 is 0 Å². The van der Waals surface area contributed by atoms with Gasteiger partial charge in [0.2, 0.25) is 0 Å². The summed E-state index contributed by atoms with van der Waals surface area (Å²) in [5.74, 6) is 0.675. The molecular weight excluding hydrogens is 252 g/mol. The lowest BCUT2D eigenvalue weighted by Gasteiger charge is -2.15. The molecule has 0 aliphatic rings. The molecule has 1 unspecified atom stereocenters. The van der Waals surface area contributed by atoms with E-state index in [0.29, 0.717) is 18.0 Å². The molecule has 102 valence electrons. The molecule has 2 N–H and O–H groups in total. The fourth-order valence-corrected chi connectivity index (χ4v) is 2.28. The van der Waals surface area contributed by atoms with Gasteiger partial charge in [-0.1, -0.05) is 26.8 Å². The molecule has 0 aromatic carbocycles. The van der Waals surface area contributed by atoms with Crippen LogP contribution in [0.4, 0.5) is 0 Å². The molecule has 0 aliphatic carbocycles. The Balaban J connectivity index is 2.73. The lowest BCUT2D eigenvalue weighted by molar-refractivity contribution is 0.281. The first-order valence-electron chi connectivity index (χ1n) is 5.92. The van der Waals surface area contributed by atoms with E-state index in [1.54, 1.807) is 6.07 Å². The Hall–Kier alpha value is -0.980. The minimum Gasteiger partial charge on any atom is -0.392 e. The van der Waals surface area contributed by atoms with Crippen LogP contribution in [0.2, 0.25) is 0 Å². The molecule has 0 fully saturated rings. The second-order valence-corrected chi connectivity index (χ2v) is 6.45. The minimum atomic E-state index is -3.56. The smallest absolute Gasteiger partial charge is 0.258 e. The molecule has 0 amide bonds. The molecule has 0 spiro atoms. The largest absolute Gasteiger partial charge is 0.392 e. The van der Waals surface area contributed by atoms with Gasteiger partial charge in [0, 0.05) is 12.7 Å². The number of aliphatic hydroxyl groups excluding tert-OH is 1. The van der Waals surface area contributed by atoms with E-state index >= 15 is 0 Å².